The minimum atomic E-state index is -0.496. The molecule has 1 N–H and O–H groups in total. The van der Waals surface area contributed by atoms with Gasteiger partial charge in [0.1, 0.15) is 11.6 Å². The first kappa shape index (κ1) is 16.1. The summed E-state index contributed by atoms with van der Waals surface area (Å²) < 4.78 is 27.8. The summed E-state index contributed by atoms with van der Waals surface area (Å²) in [5, 5.41) is 3.39. The van der Waals surface area contributed by atoms with Gasteiger partial charge in [-0.15, -0.1) is 11.3 Å². The van der Waals surface area contributed by atoms with Crippen LogP contribution in [0.2, 0.25) is 0 Å². The lowest BCUT2D eigenvalue weighted by Gasteiger charge is -2.20. The van der Waals surface area contributed by atoms with Gasteiger partial charge in [0.25, 0.3) is 0 Å². The lowest BCUT2D eigenvalue weighted by Crippen LogP contribution is -2.24. The van der Waals surface area contributed by atoms with Crippen LogP contribution in [0, 0.1) is 32.4 Å². The highest BCUT2D eigenvalue weighted by molar-refractivity contribution is 7.12. The maximum Gasteiger partial charge on any atom is 0.131 e. The summed E-state index contributed by atoms with van der Waals surface area (Å²) >= 11 is 1.66. The van der Waals surface area contributed by atoms with E-state index in [9.17, 15) is 8.78 Å². The zero-order valence-electron chi connectivity index (χ0n) is 12.9. The monoisotopic (exact) mass is 309 g/mol. The van der Waals surface area contributed by atoms with Gasteiger partial charge in [-0.1, -0.05) is 6.92 Å². The van der Waals surface area contributed by atoms with Crippen LogP contribution >= 0.6 is 11.3 Å². The van der Waals surface area contributed by atoms with Crippen LogP contribution < -0.4 is 5.32 Å². The fourth-order valence-electron chi connectivity index (χ4n) is 2.48. The number of benzene rings is 1. The molecule has 1 aromatic heterocycles. The number of hydrogen-bond donors (Lipinski definition) is 1. The molecule has 4 heteroatoms. The van der Waals surface area contributed by atoms with Gasteiger partial charge in [-0.25, -0.2) is 8.78 Å². The summed E-state index contributed by atoms with van der Waals surface area (Å²) in [5.74, 6) is -0.985. The van der Waals surface area contributed by atoms with Crippen LogP contribution in [-0.4, -0.2) is 6.54 Å². The molecular formula is C17H21F2NS. The third kappa shape index (κ3) is 3.50. The normalized spacial score (nSPS) is 12.7. The van der Waals surface area contributed by atoms with Crippen molar-refractivity contribution in [2.24, 2.45) is 0 Å². The fourth-order valence-corrected chi connectivity index (χ4v) is 3.61. The van der Waals surface area contributed by atoms with Crippen LogP contribution in [-0.2, 0) is 0 Å². The lowest BCUT2D eigenvalue weighted by molar-refractivity contribution is 0.532. The van der Waals surface area contributed by atoms with Gasteiger partial charge >= 0.3 is 0 Å². The molecule has 21 heavy (non-hydrogen) atoms. The summed E-state index contributed by atoms with van der Waals surface area (Å²) in [4.78, 5) is 2.30. The average Bonchev–Trinajstić information content (AvgIpc) is 2.75. The molecule has 0 aliphatic heterocycles. The summed E-state index contributed by atoms with van der Waals surface area (Å²) in [6.45, 7) is 8.61. The molecule has 2 rings (SSSR count). The molecule has 114 valence electrons. The molecule has 0 aliphatic rings. The van der Waals surface area contributed by atoms with E-state index in [1.807, 2.05) is 13.8 Å². The summed E-state index contributed by atoms with van der Waals surface area (Å²) in [7, 11) is 0. The summed E-state index contributed by atoms with van der Waals surface area (Å²) in [6.07, 6.45) is 0.960. The van der Waals surface area contributed by atoms with Gasteiger partial charge in [-0.3, -0.25) is 0 Å². The second-order valence-corrected chi connectivity index (χ2v) is 6.70. The van der Waals surface area contributed by atoms with E-state index in [0.29, 0.717) is 11.1 Å². The largest absolute Gasteiger partial charge is 0.306 e. The van der Waals surface area contributed by atoms with Crippen LogP contribution in [0.5, 0.6) is 0 Å². The Morgan fingerprint density at radius 1 is 1.05 bits per heavy atom. The maximum atomic E-state index is 14.3. The van der Waals surface area contributed by atoms with Crippen LogP contribution in [0.3, 0.4) is 0 Å². The van der Waals surface area contributed by atoms with Gasteiger partial charge in [0.05, 0.1) is 6.04 Å². The Bertz CT molecular complexity index is 634. The van der Waals surface area contributed by atoms with Crippen LogP contribution in [0.25, 0.3) is 0 Å². The van der Waals surface area contributed by atoms with Crippen molar-refractivity contribution in [1.82, 2.24) is 5.32 Å². The Kier molecular flexibility index (Phi) is 5.12. The Hall–Kier alpha value is -1.26. The van der Waals surface area contributed by atoms with E-state index in [1.165, 1.54) is 4.88 Å². The van der Waals surface area contributed by atoms with Crippen molar-refractivity contribution in [2.75, 3.05) is 6.54 Å². The predicted molar refractivity (Wildman–Crippen MR) is 85.0 cm³/mol. The molecule has 1 heterocycles. The smallest absolute Gasteiger partial charge is 0.131 e. The van der Waals surface area contributed by atoms with E-state index in [-0.39, 0.29) is 6.04 Å². The predicted octanol–water partition coefficient (Wildman–Crippen LogP) is 5.04. The van der Waals surface area contributed by atoms with Crippen molar-refractivity contribution in [2.45, 2.75) is 40.2 Å². The summed E-state index contributed by atoms with van der Waals surface area (Å²) in [6, 6.07) is 4.49. The van der Waals surface area contributed by atoms with Gasteiger partial charge < -0.3 is 5.32 Å². The lowest BCUT2D eigenvalue weighted by atomic mass is 9.99. The number of rotatable bonds is 5. The Morgan fingerprint density at radius 3 is 2.33 bits per heavy atom. The third-order valence-electron chi connectivity index (χ3n) is 3.53. The molecule has 0 amide bonds. The zero-order valence-corrected chi connectivity index (χ0v) is 13.7. The molecule has 2 aromatic rings. The van der Waals surface area contributed by atoms with Crippen LogP contribution in [0.4, 0.5) is 8.78 Å². The molecule has 0 bridgehead atoms. The molecule has 0 radical (unpaired) electrons. The highest BCUT2D eigenvalue weighted by Crippen LogP contribution is 2.33. The topological polar surface area (TPSA) is 12.0 Å². The van der Waals surface area contributed by atoms with Crippen molar-refractivity contribution >= 4 is 11.3 Å². The standard InChI is InChI=1S/C17H21F2NS/c1-5-6-20-16(17-11(3)7-12(4)21-17)13-8-10(2)14(18)9-15(13)19/h7-9,16,20H,5-6H2,1-4H3. The Balaban J connectivity index is 2.50. The number of aryl methyl sites for hydroxylation is 3. The van der Waals surface area contributed by atoms with E-state index in [4.69, 9.17) is 0 Å². The Labute approximate surface area is 129 Å². The number of halogens is 2. The van der Waals surface area contributed by atoms with Gasteiger partial charge in [0.15, 0.2) is 0 Å². The molecule has 1 unspecified atom stereocenters. The average molecular weight is 309 g/mol. The second-order valence-electron chi connectivity index (χ2n) is 5.41. The van der Waals surface area contributed by atoms with Crippen molar-refractivity contribution in [3.8, 4) is 0 Å². The highest BCUT2D eigenvalue weighted by Gasteiger charge is 2.22. The minimum Gasteiger partial charge on any atom is -0.306 e. The molecular weight excluding hydrogens is 288 g/mol. The molecule has 0 spiro atoms. The van der Waals surface area contributed by atoms with E-state index in [1.54, 1.807) is 24.3 Å². The molecule has 0 saturated carbocycles. The molecule has 1 aromatic carbocycles. The third-order valence-corrected chi connectivity index (χ3v) is 4.75. The van der Waals surface area contributed by atoms with E-state index >= 15 is 0 Å². The SMILES string of the molecule is CCCNC(c1cc(C)c(F)cc1F)c1sc(C)cc1C. The van der Waals surface area contributed by atoms with Gasteiger partial charge in [0, 0.05) is 21.4 Å². The molecule has 0 fully saturated rings. The van der Waals surface area contributed by atoms with Gasteiger partial charge in [-0.2, -0.15) is 0 Å². The van der Waals surface area contributed by atoms with Gasteiger partial charge in [0.2, 0.25) is 0 Å². The number of hydrogen-bond acceptors (Lipinski definition) is 2. The molecule has 0 aliphatic carbocycles. The highest BCUT2D eigenvalue weighted by atomic mass is 32.1. The molecule has 1 nitrogen and oxygen atoms in total. The quantitative estimate of drug-likeness (QED) is 0.816. The fraction of sp³-hybridized carbons (Fsp3) is 0.412. The second kappa shape index (κ2) is 6.67. The van der Waals surface area contributed by atoms with Crippen molar-refractivity contribution in [1.29, 1.82) is 0 Å². The maximum absolute atomic E-state index is 14.3. The number of nitrogens with one attached hydrogen (secondary N) is 1. The van der Waals surface area contributed by atoms with Crippen molar-refractivity contribution < 1.29 is 8.78 Å². The first-order chi connectivity index (χ1) is 9.93. The minimum absolute atomic E-state index is 0.219. The zero-order chi connectivity index (χ0) is 15.6. The first-order valence-electron chi connectivity index (χ1n) is 7.19. The van der Waals surface area contributed by atoms with Crippen molar-refractivity contribution in [3.63, 3.8) is 0 Å². The van der Waals surface area contributed by atoms with Crippen LogP contribution in [0.15, 0.2) is 18.2 Å². The van der Waals surface area contributed by atoms with E-state index in [2.05, 4.69) is 18.3 Å². The first-order valence-corrected chi connectivity index (χ1v) is 8.01. The number of thiophene rings is 1. The van der Waals surface area contributed by atoms with Crippen molar-refractivity contribution in [3.05, 3.63) is 56.3 Å². The van der Waals surface area contributed by atoms with Crippen LogP contribution in [0.1, 0.15) is 45.8 Å². The van der Waals surface area contributed by atoms with Gasteiger partial charge in [-0.05, 0) is 57.0 Å². The molecule has 0 saturated heterocycles. The van der Waals surface area contributed by atoms with E-state index in [0.717, 1.165) is 29.5 Å². The summed E-state index contributed by atoms with van der Waals surface area (Å²) in [5.41, 5.74) is 2.14. The Morgan fingerprint density at radius 2 is 1.76 bits per heavy atom. The molecule has 1 atom stereocenters. The van der Waals surface area contributed by atoms with E-state index < -0.39 is 11.6 Å².